The van der Waals surface area contributed by atoms with E-state index in [1.54, 1.807) is 6.92 Å². The van der Waals surface area contributed by atoms with E-state index in [1.165, 1.54) is 29.4 Å². The zero-order valence-electron chi connectivity index (χ0n) is 17.6. The number of nitrogens with zero attached hydrogens (tertiary/aromatic N) is 3. The Morgan fingerprint density at radius 1 is 1.22 bits per heavy atom. The fraction of sp³-hybridized carbons (Fsp3) is 0.474. The van der Waals surface area contributed by atoms with Crippen LogP contribution in [-0.4, -0.2) is 66.7 Å². The van der Waals surface area contributed by atoms with Gasteiger partial charge < -0.3 is 15.2 Å². The SMILES string of the molecule is Cc1ccc(CSc2nc(NC(C)CO)cc(NS(=O)(=O)N3CCOCC3)n2)c(F)c1F. The maximum Gasteiger partial charge on any atom is 0.302 e. The molecule has 2 aromatic rings. The predicted molar refractivity (Wildman–Crippen MR) is 118 cm³/mol. The highest BCUT2D eigenvalue weighted by atomic mass is 32.2. The fourth-order valence-electron chi connectivity index (χ4n) is 2.84. The van der Waals surface area contributed by atoms with Crippen LogP contribution in [0.4, 0.5) is 20.4 Å². The van der Waals surface area contributed by atoms with E-state index in [9.17, 15) is 22.3 Å². The number of aliphatic hydroxyl groups is 1. The van der Waals surface area contributed by atoms with Crippen LogP contribution in [0.3, 0.4) is 0 Å². The number of hydrogen-bond donors (Lipinski definition) is 3. The topological polar surface area (TPSA) is 117 Å². The second-order valence-corrected chi connectivity index (χ2v) is 9.84. The minimum absolute atomic E-state index is 0.0113. The summed E-state index contributed by atoms with van der Waals surface area (Å²) in [5, 5.41) is 12.4. The number of rotatable bonds is 9. The minimum Gasteiger partial charge on any atom is -0.394 e. The Kier molecular flexibility index (Phi) is 8.22. The van der Waals surface area contributed by atoms with Crippen LogP contribution in [0.2, 0.25) is 0 Å². The molecule has 1 unspecified atom stereocenters. The van der Waals surface area contributed by atoms with Crippen LogP contribution in [0.5, 0.6) is 0 Å². The van der Waals surface area contributed by atoms with E-state index in [2.05, 4.69) is 20.0 Å². The summed E-state index contributed by atoms with van der Waals surface area (Å²) in [5.41, 5.74) is 0.343. The summed E-state index contributed by atoms with van der Waals surface area (Å²) < 4.78 is 62.3. The third-order valence-corrected chi connectivity index (χ3v) is 7.04. The molecule has 1 atom stereocenters. The molecule has 1 aliphatic heterocycles. The number of hydrogen-bond acceptors (Lipinski definition) is 8. The van der Waals surface area contributed by atoms with Crippen molar-refractivity contribution in [3.8, 4) is 0 Å². The Morgan fingerprint density at radius 2 is 1.91 bits per heavy atom. The second-order valence-electron chi connectivity index (χ2n) is 7.23. The predicted octanol–water partition coefficient (Wildman–Crippen LogP) is 2.14. The number of nitrogens with one attached hydrogen (secondary N) is 2. The van der Waals surface area contributed by atoms with Crippen LogP contribution in [0.1, 0.15) is 18.1 Å². The highest BCUT2D eigenvalue weighted by Gasteiger charge is 2.25. The van der Waals surface area contributed by atoms with E-state index in [-0.39, 0.29) is 59.4 Å². The van der Waals surface area contributed by atoms with Gasteiger partial charge in [0.05, 0.1) is 19.8 Å². The minimum atomic E-state index is -3.87. The molecule has 0 radical (unpaired) electrons. The molecule has 3 N–H and O–H groups in total. The van der Waals surface area contributed by atoms with Gasteiger partial charge in [-0.2, -0.15) is 12.7 Å². The van der Waals surface area contributed by atoms with Crippen molar-refractivity contribution in [2.75, 3.05) is 42.9 Å². The summed E-state index contributed by atoms with van der Waals surface area (Å²) in [7, 11) is -3.87. The number of anilines is 2. The first-order valence-corrected chi connectivity index (χ1v) is 12.3. The number of aryl methyl sites for hydroxylation is 1. The molecular weight excluding hydrogens is 464 g/mol. The number of ether oxygens (including phenoxy) is 1. The largest absolute Gasteiger partial charge is 0.394 e. The maximum atomic E-state index is 14.2. The molecule has 1 aromatic carbocycles. The van der Waals surface area contributed by atoms with Crippen molar-refractivity contribution in [3.63, 3.8) is 0 Å². The van der Waals surface area contributed by atoms with Gasteiger partial charge in [-0.1, -0.05) is 23.9 Å². The quantitative estimate of drug-likeness (QED) is 0.362. The molecule has 0 spiro atoms. The van der Waals surface area contributed by atoms with Crippen LogP contribution in [0, 0.1) is 18.6 Å². The van der Waals surface area contributed by atoms with Crippen molar-refractivity contribution in [2.24, 2.45) is 0 Å². The number of thioether (sulfide) groups is 1. The van der Waals surface area contributed by atoms with Crippen LogP contribution in [-0.2, 0) is 20.7 Å². The van der Waals surface area contributed by atoms with Gasteiger partial charge in [0.1, 0.15) is 11.6 Å². The Bertz CT molecular complexity index is 1050. The van der Waals surface area contributed by atoms with Crippen molar-refractivity contribution in [1.82, 2.24) is 14.3 Å². The van der Waals surface area contributed by atoms with Gasteiger partial charge in [0.2, 0.25) is 0 Å². The summed E-state index contributed by atoms with van der Waals surface area (Å²) in [5.74, 6) is -1.52. The maximum absolute atomic E-state index is 14.2. The van der Waals surface area contributed by atoms with Crippen LogP contribution in [0.25, 0.3) is 0 Å². The van der Waals surface area contributed by atoms with Crippen molar-refractivity contribution in [2.45, 2.75) is 30.8 Å². The molecular formula is C19H25F2N5O4S2. The summed E-state index contributed by atoms with van der Waals surface area (Å²) in [6, 6.07) is 4.02. The van der Waals surface area contributed by atoms with E-state index < -0.39 is 21.8 Å². The summed E-state index contributed by atoms with van der Waals surface area (Å²) in [6.45, 7) is 4.05. The Balaban J connectivity index is 1.83. The molecule has 0 amide bonds. The van der Waals surface area contributed by atoms with E-state index in [1.807, 2.05) is 0 Å². The third-order valence-electron chi connectivity index (χ3n) is 4.63. The molecule has 13 heteroatoms. The molecule has 176 valence electrons. The smallest absolute Gasteiger partial charge is 0.302 e. The van der Waals surface area contributed by atoms with Gasteiger partial charge in [-0.15, -0.1) is 0 Å². The number of morpholine rings is 1. The molecule has 3 rings (SSSR count). The molecule has 9 nitrogen and oxygen atoms in total. The summed E-state index contributed by atoms with van der Waals surface area (Å²) in [6.07, 6.45) is 0. The van der Waals surface area contributed by atoms with Crippen LogP contribution < -0.4 is 10.0 Å². The van der Waals surface area contributed by atoms with Gasteiger partial charge in [-0.25, -0.2) is 18.7 Å². The van der Waals surface area contributed by atoms with E-state index in [0.717, 1.165) is 11.8 Å². The lowest BCUT2D eigenvalue weighted by atomic mass is 10.1. The van der Waals surface area contributed by atoms with Gasteiger partial charge in [0.25, 0.3) is 0 Å². The Morgan fingerprint density at radius 3 is 2.59 bits per heavy atom. The lowest BCUT2D eigenvalue weighted by Gasteiger charge is -2.26. The van der Waals surface area contributed by atoms with Gasteiger partial charge in [0.15, 0.2) is 16.8 Å². The normalized spacial score (nSPS) is 16.0. The lowest BCUT2D eigenvalue weighted by Crippen LogP contribution is -2.43. The van der Waals surface area contributed by atoms with Crippen molar-refractivity contribution in [1.29, 1.82) is 0 Å². The molecule has 1 aliphatic rings. The molecule has 1 aromatic heterocycles. The molecule has 2 heterocycles. The molecule has 0 bridgehead atoms. The summed E-state index contributed by atoms with van der Waals surface area (Å²) in [4.78, 5) is 8.51. The zero-order valence-corrected chi connectivity index (χ0v) is 19.3. The fourth-order valence-corrected chi connectivity index (χ4v) is 4.80. The number of halogens is 2. The van der Waals surface area contributed by atoms with Gasteiger partial charge in [-0.05, 0) is 19.4 Å². The second kappa shape index (κ2) is 10.7. The first-order chi connectivity index (χ1) is 15.2. The molecule has 32 heavy (non-hydrogen) atoms. The number of aromatic nitrogens is 2. The van der Waals surface area contributed by atoms with E-state index >= 15 is 0 Å². The van der Waals surface area contributed by atoms with Crippen molar-refractivity contribution < 1.29 is 27.0 Å². The highest BCUT2D eigenvalue weighted by molar-refractivity contribution is 7.98. The Labute approximate surface area is 189 Å². The van der Waals surface area contributed by atoms with Gasteiger partial charge in [0, 0.05) is 36.5 Å². The van der Waals surface area contributed by atoms with Crippen molar-refractivity contribution >= 4 is 33.6 Å². The number of aliphatic hydroxyl groups excluding tert-OH is 1. The van der Waals surface area contributed by atoms with Gasteiger partial charge in [-0.3, -0.25) is 4.72 Å². The average molecular weight is 490 g/mol. The lowest BCUT2D eigenvalue weighted by molar-refractivity contribution is 0.0733. The first-order valence-electron chi connectivity index (χ1n) is 9.88. The standard InChI is InChI=1S/C19H25F2N5O4S2/c1-12-3-4-14(18(21)17(12)20)11-31-19-23-15(22-13(2)10-27)9-16(24-19)25-32(28,29)26-5-7-30-8-6-26/h3-4,9,13,27H,5-8,10-11H2,1-2H3,(H2,22,23,24,25). The Hall–Kier alpha value is -2.06. The van der Waals surface area contributed by atoms with Crippen LogP contribution in [0.15, 0.2) is 23.4 Å². The molecule has 1 fully saturated rings. The third kappa shape index (κ3) is 6.25. The highest BCUT2D eigenvalue weighted by Crippen LogP contribution is 2.26. The molecule has 1 saturated heterocycles. The molecule has 0 saturated carbocycles. The first kappa shape index (κ1) is 24.6. The summed E-state index contributed by atoms with van der Waals surface area (Å²) >= 11 is 1.03. The van der Waals surface area contributed by atoms with E-state index in [4.69, 9.17) is 4.74 Å². The molecule has 0 aliphatic carbocycles. The number of benzene rings is 1. The zero-order chi connectivity index (χ0) is 23.3. The van der Waals surface area contributed by atoms with Crippen LogP contribution >= 0.6 is 11.8 Å². The van der Waals surface area contributed by atoms with Gasteiger partial charge >= 0.3 is 10.2 Å². The average Bonchev–Trinajstić information content (AvgIpc) is 2.77. The van der Waals surface area contributed by atoms with E-state index in [0.29, 0.717) is 13.2 Å². The van der Waals surface area contributed by atoms with Crippen molar-refractivity contribution in [3.05, 3.63) is 41.0 Å². The monoisotopic (exact) mass is 489 g/mol.